The van der Waals surface area contributed by atoms with Crippen molar-refractivity contribution in [1.29, 1.82) is 0 Å². The van der Waals surface area contributed by atoms with E-state index in [1.807, 2.05) is 55.5 Å². The van der Waals surface area contributed by atoms with Crippen LogP contribution >= 0.6 is 0 Å². The first-order valence-corrected chi connectivity index (χ1v) is 9.92. The van der Waals surface area contributed by atoms with Gasteiger partial charge in [0.05, 0.1) is 0 Å². The molecule has 0 unspecified atom stereocenters. The van der Waals surface area contributed by atoms with Crippen LogP contribution in [0.5, 0.6) is 0 Å². The molecule has 0 N–H and O–H groups in total. The SMILES string of the molecule is Cc1ccc(-c2noc3ncn(CCC(=O)N4CCc5ccccc54)c(=O)c23)cc1. The topological polar surface area (TPSA) is 81.2 Å². The zero-order valence-electron chi connectivity index (χ0n) is 16.5. The van der Waals surface area contributed by atoms with Crippen molar-refractivity contribution in [1.82, 2.24) is 14.7 Å². The van der Waals surface area contributed by atoms with Crippen LogP contribution in [0.15, 0.2) is 64.2 Å². The quantitative estimate of drug-likeness (QED) is 0.525. The third kappa shape index (κ3) is 3.08. The number of aryl methyl sites for hydroxylation is 2. The number of hydrogen-bond donors (Lipinski definition) is 0. The summed E-state index contributed by atoms with van der Waals surface area (Å²) in [6.07, 6.45) is 2.49. The predicted molar refractivity (Wildman–Crippen MR) is 113 cm³/mol. The average Bonchev–Trinajstić information content (AvgIpc) is 3.38. The van der Waals surface area contributed by atoms with Crippen LogP contribution in [0.2, 0.25) is 0 Å². The number of nitrogens with zero attached hydrogens (tertiary/aromatic N) is 4. The summed E-state index contributed by atoms with van der Waals surface area (Å²) >= 11 is 0. The highest BCUT2D eigenvalue weighted by Gasteiger charge is 2.24. The Balaban J connectivity index is 1.41. The maximum Gasteiger partial charge on any atom is 0.266 e. The highest BCUT2D eigenvalue weighted by atomic mass is 16.5. The van der Waals surface area contributed by atoms with Gasteiger partial charge in [-0.2, -0.15) is 0 Å². The fourth-order valence-corrected chi connectivity index (χ4v) is 3.90. The van der Waals surface area contributed by atoms with Crippen LogP contribution in [-0.4, -0.2) is 27.2 Å². The zero-order valence-corrected chi connectivity index (χ0v) is 16.5. The van der Waals surface area contributed by atoms with Gasteiger partial charge in [-0.1, -0.05) is 53.2 Å². The molecule has 0 aliphatic carbocycles. The molecule has 3 heterocycles. The Morgan fingerprint density at radius 2 is 1.93 bits per heavy atom. The molecular weight excluding hydrogens is 380 g/mol. The summed E-state index contributed by atoms with van der Waals surface area (Å²) in [5.74, 6) is -0.00368. The van der Waals surface area contributed by atoms with Crippen LogP contribution in [-0.2, 0) is 17.8 Å². The minimum atomic E-state index is -0.258. The molecule has 2 aromatic carbocycles. The van der Waals surface area contributed by atoms with E-state index in [-0.39, 0.29) is 30.1 Å². The summed E-state index contributed by atoms with van der Waals surface area (Å²) in [5.41, 5.74) is 4.46. The van der Waals surface area contributed by atoms with Gasteiger partial charge in [0.2, 0.25) is 5.91 Å². The number of amides is 1. The van der Waals surface area contributed by atoms with E-state index in [0.717, 1.165) is 23.2 Å². The molecule has 1 amide bonds. The summed E-state index contributed by atoms with van der Waals surface area (Å²) in [4.78, 5) is 31.9. The van der Waals surface area contributed by atoms with Crippen molar-refractivity contribution in [2.45, 2.75) is 26.3 Å². The molecule has 2 aromatic heterocycles. The predicted octanol–water partition coefficient (Wildman–Crippen LogP) is 3.34. The van der Waals surface area contributed by atoms with E-state index >= 15 is 0 Å². The molecule has 1 aliphatic heterocycles. The standard InChI is InChI=1S/C23H20N4O3/c1-15-6-8-17(9-7-15)21-20-22(30-25-21)24-14-26(23(20)29)12-11-19(28)27-13-10-16-4-2-3-5-18(16)27/h2-9,14H,10-13H2,1H3. The summed E-state index contributed by atoms with van der Waals surface area (Å²) in [6.45, 7) is 2.92. The van der Waals surface area contributed by atoms with Gasteiger partial charge in [-0.05, 0) is 25.0 Å². The van der Waals surface area contributed by atoms with Crippen LogP contribution in [0.25, 0.3) is 22.4 Å². The highest BCUT2D eigenvalue weighted by molar-refractivity contribution is 5.95. The lowest BCUT2D eigenvalue weighted by molar-refractivity contribution is -0.118. The molecular formula is C23H20N4O3. The number of carbonyl (C=O) groups excluding carboxylic acids is 1. The van der Waals surface area contributed by atoms with Gasteiger partial charge >= 0.3 is 0 Å². The number of hydrogen-bond acceptors (Lipinski definition) is 5. The summed E-state index contributed by atoms with van der Waals surface area (Å²) in [7, 11) is 0. The van der Waals surface area contributed by atoms with Gasteiger partial charge < -0.3 is 9.42 Å². The average molecular weight is 400 g/mol. The van der Waals surface area contributed by atoms with Crippen LogP contribution in [0, 0.1) is 6.92 Å². The monoisotopic (exact) mass is 400 g/mol. The van der Waals surface area contributed by atoms with E-state index in [2.05, 4.69) is 10.1 Å². The number of anilines is 1. The number of benzene rings is 2. The van der Waals surface area contributed by atoms with Crippen molar-refractivity contribution < 1.29 is 9.32 Å². The molecule has 30 heavy (non-hydrogen) atoms. The van der Waals surface area contributed by atoms with Crippen molar-refractivity contribution in [3.05, 3.63) is 76.3 Å². The van der Waals surface area contributed by atoms with Crippen LogP contribution < -0.4 is 10.5 Å². The second-order valence-corrected chi connectivity index (χ2v) is 7.49. The number of para-hydroxylation sites is 1. The lowest BCUT2D eigenvalue weighted by Crippen LogP contribution is -2.31. The Morgan fingerprint density at radius 1 is 1.13 bits per heavy atom. The van der Waals surface area contributed by atoms with Gasteiger partial charge in [0, 0.05) is 30.8 Å². The van der Waals surface area contributed by atoms with Crippen molar-refractivity contribution in [3.63, 3.8) is 0 Å². The molecule has 0 saturated carbocycles. The Morgan fingerprint density at radius 3 is 2.77 bits per heavy atom. The maximum atomic E-state index is 13.1. The molecule has 0 spiro atoms. The molecule has 0 saturated heterocycles. The molecule has 0 atom stereocenters. The molecule has 1 aliphatic rings. The largest absolute Gasteiger partial charge is 0.335 e. The Labute approximate surface area is 172 Å². The minimum Gasteiger partial charge on any atom is -0.335 e. The van der Waals surface area contributed by atoms with Crippen molar-refractivity contribution in [2.75, 3.05) is 11.4 Å². The third-order valence-corrected chi connectivity index (χ3v) is 5.54. The molecule has 0 bridgehead atoms. The molecule has 7 nitrogen and oxygen atoms in total. The lowest BCUT2D eigenvalue weighted by Gasteiger charge is -2.17. The Bertz CT molecular complexity index is 1300. The smallest absolute Gasteiger partial charge is 0.266 e. The first-order valence-electron chi connectivity index (χ1n) is 9.92. The molecule has 7 heteroatoms. The van der Waals surface area contributed by atoms with E-state index < -0.39 is 0 Å². The van der Waals surface area contributed by atoms with Crippen LogP contribution in [0.3, 0.4) is 0 Å². The number of fused-ring (bicyclic) bond motifs is 2. The maximum absolute atomic E-state index is 13.1. The lowest BCUT2D eigenvalue weighted by atomic mass is 10.1. The first-order chi connectivity index (χ1) is 14.6. The summed E-state index contributed by atoms with van der Waals surface area (Å²) in [6, 6.07) is 15.6. The second kappa shape index (κ2) is 7.26. The van der Waals surface area contributed by atoms with Crippen molar-refractivity contribution >= 4 is 22.7 Å². The molecule has 0 fully saturated rings. The molecule has 0 radical (unpaired) electrons. The van der Waals surface area contributed by atoms with Gasteiger partial charge in [-0.3, -0.25) is 14.2 Å². The third-order valence-electron chi connectivity index (χ3n) is 5.54. The van der Waals surface area contributed by atoms with E-state index in [1.54, 1.807) is 4.90 Å². The van der Waals surface area contributed by atoms with E-state index in [4.69, 9.17) is 4.52 Å². The summed E-state index contributed by atoms with van der Waals surface area (Å²) in [5, 5.41) is 4.39. The molecule has 5 rings (SSSR count). The number of aromatic nitrogens is 3. The highest BCUT2D eigenvalue weighted by Crippen LogP contribution is 2.28. The zero-order chi connectivity index (χ0) is 20.7. The van der Waals surface area contributed by atoms with Gasteiger partial charge in [0.1, 0.15) is 17.4 Å². The van der Waals surface area contributed by atoms with Crippen LogP contribution in [0.1, 0.15) is 17.5 Å². The van der Waals surface area contributed by atoms with Crippen molar-refractivity contribution in [2.24, 2.45) is 0 Å². The number of carbonyl (C=O) groups is 1. The molecule has 150 valence electrons. The van der Waals surface area contributed by atoms with Crippen molar-refractivity contribution in [3.8, 4) is 11.3 Å². The van der Waals surface area contributed by atoms with E-state index in [0.29, 0.717) is 17.6 Å². The Kier molecular flexibility index (Phi) is 4.43. The minimum absolute atomic E-state index is 0.00368. The normalized spacial score (nSPS) is 13.0. The van der Waals surface area contributed by atoms with Gasteiger partial charge in [0.25, 0.3) is 11.3 Å². The van der Waals surface area contributed by atoms with Gasteiger partial charge in [-0.15, -0.1) is 0 Å². The van der Waals surface area contributed by atoms with E-state index in [1.165, 1.54) is 16.5 Å². The fourth-order valence-electron chi connectivity index (χ4n) is 3.90. The summed E-state index contributed by atoms with van der Waals surface area (Å²) < 4.78 is 6.72. The van der Waals surface area contributed by atoms with Gasteiger partial charge in [-0.25, -0.2) is 4.98 Å². The van der Waals surface area contributed by atoms with Crippen LogP contribution in [0.4, 0.5) is 5.69 Å². The fraction of sp³-hybridized carbons (Fsp3) is 0.217. The molecule has 4 aromatic rings. The Hall–Kier alpha value is -3.74. The van der Waals surface area contributed by atoms with Gasteiger partial charge in [0.15, 0.2) is 0 Å². The second-order valence-electron chi connectivity index (χ2n) is 7.49. The van der Waals surface area contributed by atoms with E-state index in [9.17, 15) is 9.59 Å². The number of rotatable bonds is 4. The first kappa shape index (κ1) is 18.3.